The molecule has 0 bridgehead atoms. The van der Waals surface area contributed by atoms with Crippen LogP contribution in [0.4, 0.5) is 0 Å². The van der Waals surface area contributed by atoms with Crippen LogP contribution in [-0.4, -0.2) is 11.1 Å². The molecule has 0 aromatic heterocycles. The molecule has 0 aromatic carbocycles. The number of hydrogen-bond acceptors (Lipinski definition) is 1. The minimum absolute atomic E-state index is 0.596. The van der Waals surface area contributed by atoms with Crippen LogP contribution >= 0.6 is 0 Å². The summed E-state index contributed by atoms with van der Waals surface area (Å²) in [5, 5.41) is 8.71. The lowest BCUT2D eigenvalue weighted by atomic mass is 9.84. The molecule has 0 spiro atoms. The van der Waals surface area contributed by atoms with Crippen LogP contribution in [0.3, 0.4) is 0 Å². The topological polar surface area (TPSA) is 37.3 Å². The van der Waals surface area contributed by atoms with Crippen molar-refractivity contribution in [3.63, 3.8) is 0 Å². The van der Waals surface area contributed by atoms with Crippen molar-refractivity contribution in [1.82, 2.24) is 0 Å². The first-order valence-electron chi connectivity index (χ1n) is 6.27. The first kappa shape index (κ1) is 13.8. The number of carboxylic acid groups (broad SMARTS) is 1. The van der Waals surface area contributed by atoms with Crippen LogP contribution in [-0.2, 0) is 4.79 Å². The second kappa shape index (κ2) is 6.43. The summed E-state index contributed by atoms with van der Waals surface area (Å²) in [4.78, 5) is 10.6. The van der Waals surface area contributed by atoms with Crippen LogP contribution in [0.5, 0.6) is 0 Å². The van der Waals surface area contributed by atoms with Crippen molar-refractivity contribution in [3.05, 3.63) is 36.5 Å². The van der Waals surface area contributed by atoms with Gasteiger partial charge in [0.05, 0.1) is 5.41 Å². The molecular formula is C15H22O2. The lowest BCUT2D eigenvalue weighted by Gasteiger charge is -2.20. The number of carboxylic acids is 1. The number of carbonyl (C=O) groups is 1. The summed E-state index contributed by atoms with van der Waals surface area (Å²) in [6.45, 7) is 4.03. The van der Waals surface area contributed by atoms with Gasteiger partial charge in [-0.25, -0.2) is 0 Å². The molecule has 0 fully saturated rings. The lowest BCUT2D eigenvalue weighted by Crippen LogP contribution is -2.25. The van der Waals surface area contributed by atoms with E-state index in [0.29, 0.717) is 6.42 Å². The van der Waals surface area contributed by atoms with Gasteiger partial charge in [0.1, 0.15) is 0 Å². The molecule has 2 atom stereocenters. The maximum atomic E-state index is 10.6. The van der Waals surface area contributed by atoms with Crippen molar-refractivity contribution in [2.45, 2.75) is 39.5 Å². The Bertz CT molecular complexity index is 339. The van der Waals surface area contributed by atoms with E-state index in [1.807, 2.05) is 12.2 Å². The summed E-state index contributed by atoms with van der Waals surface area (Å²) in [6, 6.07) is 0. The zero-order valence-corrected chi connectivity index (χ0v) is 10.7. The Kier molecular flexibility index (Phi) is 5.20. The molecular weight excluding hydrogens is 212 g/mol. The van der Waals surface area contributed by atoms with Gasteiger partial charge in [-0.2, -0.15) is 0 Å². The molecule has 2 heteroatoms. The average Bonchev–Trinajstić information content (AvgIpc) is 2.31. The third-order valence-corrected chi connectivity index (χ3v) is 3.27. The fraction of sp³-hybridized carbons (Fsp3) is 0.533. The van der Waals surface area contributed by atoms with E-state index >= 15 is 0 Å². The van der Waals surface area contributed by atoms with E-state index in [0.717, 1.165) is 5.92 Å². The van der Waals surface area contributed by atoms with Gasteiger partial charge >= 0.3 is 5.97 Å². The van der Waals surface area contributed by atoms with Crippen LogP contribution in [0.2, 0.25) is 0 Å². The van der Waals surface area contributed by atoms with Crippen LogP contribution in [0, 0.1) is 11.3 Å². The third-order valence-electron chi connectivity index (χ3n) is 3.27. The Morgan fingerprint density at radius 1 is 1.29 bits per heavy atom. The van der Waals surface area contributed by atoms with E-state index in [2.05, 4.69) is 19.1 Å². The van der Waals surface area contributed by atoms with Crippen LogP contribution in [0.25, 0.3) is 0 Å². The van der Waals surface area contributed by atoms with E-state index < -0.39 is 11.4 Å². The second-order valence-corrected chi connectivity index (χ2v) is 5.10. The van der Waals surface area contributed by atoms with Crippen LogP contribution in [0.15, 0.2) is 36.5 Å². The Morgan fingerprint density at radius 2 is 2.06 bits per heavy atom. The highest BCUT2D eigenvalue weighted by Crippen LogP contribution is 2.26. The predicted molar refractivity (Wildman–Crippen MR) is 70.8 cm³/mol. The molecule has 0 heterocycles. The lowest BCUT2D eigenvalue weighted by molar-refractivity contribution is -0.145. The molecule has 2 nitrogen and oxygen atoms in total. The Morgan fingerprint density at radius 3 is 2.35 bits per heavy atom. The molecule has 0 amide bonds. The average molecular weight is 234 g/mol. The van der Waals surface area contributed by atoms with Gasteiger partial charge < -0.3 is 5.11 Å². The molecule has 2 aliphatic rings. The molecule has 0 radical (unpaired) electrons. The van der Waals surface area contributed by atoms with E-state index in [1.54, 1.807) is 19.1 Å². The van der Waals surface area contributed by atoms with Crippen LogP contribution in [0.1, 0.15) is 39.5 Å². The first-order valence-corrected chi connectivity index (χ1v) is 6.27. The minimum Gasteiger partial charge on any atom is -0.481 e. The van der Waals surface area contributed by atoms with E-state index in [-0.39, 0.29) is 0 Å². The van der Waals surface area contributed by atoms with Gasteiger partial charge in [-0.15, -0.1) is 0 Å². The third kappa shape index (κ3) is 4.59. The van der Waals surface area contributed by atoms with Gasteiger partial charge in [-0.1, -0.05) is 43.4 Å². The van der Waals surface area contributed by atoms with Crippen molar-refractivity contribution in [3.8, 4) is 0 Å². The molecule has 0 saturated carbocycles. The molecule has 17 heavy (non-hydrogen) atoms. The van der Waals surface area contributed by atoms with Crippen LogP contribution < -0.4 is 0 Å². The number of hydrogen-bond donors (Lipinski definition) is 1. The van der Waals surface area contributed by atoms with Gasteiger partial charge in [0.15, 0.2) is 0 Å². The quantitative estimate of drug-likeness (QED) is 0.697. The SMILES string of the molecule is CC1(C(=O)O)C=CC=CC1.CC1CC=CCC1. The highest BCUT2D eigenvalue weighted by molar-refractivity contribution is 5.77. The summed E-state index contributed by atoms with van der Waals surface area (Å²) in [7, 11) is 0. The monoisotopic (exact) mass is 234 g/mol. The molecule has 2 aliphatic carbocycles. The van der Waals surface area contributed by atoms with Gasteiger partial charge in [0.2, 0.25) is 0 Å². The zero-order valence-electron chi connectivity index (χ0n) is 10.7. The highest BCUT2D eigenvalue weighted by atomic mass is 16.4. The summed E-state index contributed by atoms with van der Waals surface area (Å²) in [5.41, 5.74) is -0.672. The van der Waals surface area contributed by atoms with Crippen molar-refractivity contribution in [2.24, 2.45) is 11.3 Å². The second-order valence-electron chi connectivity index (χ2n) is 5.10. The summed E-state index contributed by atoms with van der Waals surface area (Å²) in [5.74, 6) is 0.193. The molecule has 0 aromatic rings. The maximum absolute atomic E-state index is 10.6. The molecule has 2 unspecified atom stereocenters. The normalized spacial score (nSPS) is 30.6. The van der Waals surface area contributed by atoms with Crippen molar-refractivity contribution in [2.75, 3.05) is 0 Å². The summed E-state index contributed by atoms with van der Waals surface area (Å²) < 4.78 is 0. The molecule has 0 saturated heterocycles. The number of rotatable bonds is 1. The minimum atomic E-state index is -0.756. The van der Waals surface area contributed by atoms with E-state index in [4.69, 9.17) is 5.11 Å². The smallest absolute Gasteiger partial charge is 0.313 e. The first-order chi connectivity index (χ1) is 8.04. The fourth-order valence-electron chi connectivity index (χ4n) is 1.83. The Hall–Kier alpha value is -1.31. The molecule has 94 valence electrons. The van der Waals surface area contributed by atoms with Gasteiger partial charge in [-0.05, 0) is 38.5 Å². The zero-order chi connectivity index (χ0) is 12.7. The maximum Gasteiger partial charge on any atom is 0.313 e. The predicted octanol–water partition coefficient (Wildman–Crippen LogP) is 3.96. The van der Waals surface area contributed by atoms with Gasteiger partial charge in [0.25, 0.3) is 0 Å². The van der Waals surface area contributed by atoms with Gasteiger partial charge in [0, 0.05) is 0 Å². The summed E-state index contributed by atoms with van der Waals surface area (Å²) >= 11 is 0. The van der Waals surface area contributed by atoms with E-state index in [9.17, 15) is 4.79 Å². The van der Waals surface area contributed by atoms with Crippen molar-refractivity contribution < 1.29 is 9.90 Å². The molecule has 0 aliphatic heterocycles. The van der Waals surface area contributed by atoms with Crippen molar-refractivity contribution in [1.29, 1.82) is 0 Å². The highest BCUT2D eigenvalue weighted by Gasteiger charge is 2.29. The van der Waals surface area contributed by atoms with Gasteiger partial charge in [-0.3, -0.25) is 4.79 Å². The van der Waals surface area contributed by atoms with Crippen molar-refractivity contribution >= 4 is 5.97 Å². The Labute approximate surface area is 104 Å². The fourth-order valence-corrected chi connectivity index (χ4v) is 1.83. The number of aliphatic carboxylic acids is 1. The largest absolute Gasteiger partial charge is 0.481 e. The molecule has 2 rings (SSSR count). The molecule has 1 N–H and O–H groups in total. The standard InChI is InChI=1S/C8H10O2.C7H12/c1-8(7(9)10)5-3-2-4-6-8;1-7-5-3-2-4-6-7/h2-5H,6H2,1H3,(H,9,10);2-3,7H,4-6H2,1H3. The number of allylic oxidation sites excluding steroid dienone is 5. The Balaban J connectivity index is 0.000000181. The summed E-state index contributed by atoms with van der Waals surface area (Å²) in [6.07, 6.45) is 16.4. The van der Waals surface area contributed by atoms with E-state index in [1.165, 1.54) is 19.3 Å².